The molecule has 3 aromatic rings. The highest BCUT2D eigenvalue weighted by atomic mass is 35.5. The van der Waals surface area contributed by atoms with Gasteiger partial charge in [-0.05, 0) is 53.6 Å². The molecule has 0 radical (unpaired) electrons. The Hall–Kier alpha value is -2.33. The van der Waals surface area contributed by atoms with Gasteiger partial charge in [0.05, 0.1) is 12.7 Å². The van der Waals surface area contributed by atoms with Gasteiger partial charge in [0.15, 0.2) is 0 Å². The molecule has 5 heteroatoms. The molecule has 1 unspecified atom stereocenters. The first-order chi connectivity index (χ1) is 14.0. The van der Waals surface area contributed by atoms with E-state index in [0.717, 1.165) is 28.6 Å². The maximum absolute atomic E-state index is 12.9. The molecule has 0 aliphatic carbocycles. The Labute approximate surface area is 175 Å². The smallest absolute Gasteiger partial charge is 0.223 e. The van der Waals surface area contributed by atoms with Gasteiger partial charge in [-0.2, -0.15) is 0 Å². The maximum Gasteiger partial charge on any atom is 0.223 e. The van der Waals surface area contributed by atoms with Crippen LogP contribution in [-0.2, 0) is 11.2 Å². The Morgan fingerprint density at radius 1 is 1.24 bits per heavy atom. The van der Waals surface area contributed by atoms with Crippen molar-refractivity contribution in [3.8, 4) is 0 Å². The molecule has 0 spiro atoms. The maximum atomic E-state index is 12.9. The zero-order valence-electron chi connectivity index (χ0n) is 16.8. The van der Waals surface area contributed by atoms with Gasteiger partial charge in [0.2, 0.25) is 5.91 Å². The highest BCUT2D eigenvalue weighted by molar-refractivity contribution is 6.31. The van der Waals surface area contributed by atoms with E-state index in [-0.39, 0.29) is 24.8 Å². The van der Waals surface area contributed by atoms with Crippen molar-refractivity contribution in [2.24, 2.45) is 0 Å². The van der Waals surface area contributed by atoms with Crippen LogP contribution in [0, 0.1) is 0 Å². The fourth-order valence-corrected chi connectivity index (χ4v) is 4.47. The van der Waals surface area contributed by atoms with Gasteiger partial charge < -0.3 is 9.88 Å². The zero-order valence-corrected chi connectivity index (χ0v) is 17.6. The molecular formula is C24H26ClFN2O. The Balaban J connectivity index is 1.81. The molecule has 152 valence electrons. The van der Waals surface area contributed by atoms with Gasteiger partial charge in [-0.15, -0.1) is 0 Å². The third-order valence-electron chi connectivity index (χ3n) is 5.85. The molecule has 1 aliphatic rings. The van der Waals surface area contributed by atoms with Crippen LogP contribution in [0.1, 0.15) is 61.0 Å². The summed E-state index contributed by atoms with van der Waals surface area (Å²) in [5.74, 6) is 0.450. The monoisotopic (exact) mass is 412 g/mol. The van der Waals surface area contributed by atoms with E-state index in [1.54, 1.807) is 0 Å². The highest BCUT2D eigenvalue weighted by Gasteiger charge is 2.34. The van der Waals surface area contributed by atoms with Crippen LogP contribution in [0.15, 0.2) is 42.5 Å². The lowest BCUT2D eigenvalue weighted by Gasteiger charge is -2.36. The number of H-pyrrole nitrogens is 1. The zero-order chi connectivity index (χ0) is 20.5. The second kappa shape index (κ2) is 8.19. The number of rotatable bonds is 5. The number of amides is 1. The van der Waals surface area contributed by atoms with E-state index < -0.39 is 6.67 Å². The summed E-state index contributed by atoms with van der Waals surface area (Å²) in [6.07, 6.45) is 1.26. The van der Waals surface area contributed by atoms with Crippen LogP contribution in [0.4, 0.5) is 4.39 Å². The molecule has 2 heterocycles. The molecule has 0 fully saturated rings. The lowest BCUT2D eigenvalue weighted by Crippen LogP contribution is -2.40. The summed E-state index contributed by atoms with van der Waals surface area (Å²) in [4.78, 5) is 18.4. The van der Waals surface area contributed by atoms with E-state index in [1.807, 2.05) is 23.1 Å². The van der Waals surface area contributed by atoms with Gasteiger partial charge in [0.25, 0.3) is 0 Å². The van der Waals surface area contributed by atoms with Gasteiger partial charge in [0, 0.05) is 34.6 Å². The number of hydrogen-bond donors (Lipinski definition) is 1. The van der Waals surface area contributed by atoms with E-state index in [4.69, 9.17) is 11.6 Å². The molecule has 3 nitrogen and oxygen atoms in total. The highest BCUT2D eigenvalue weighted by Crippen LogP contribution is 2.39. The predicted molar refractivity (Wildman–Crippen MR) is 116 cm³/mol. The summed E-state index contributed by atoms with van der Waals surface area (Å²) >= 11 is 6.24. The molecular weight excluding hydrogens is 387 g/mol. The van der Waals surface area contributed by atoms with Crippen molar-refractivity contribution in [2.45, 2.75) is 45.1 Å². The number of aromatic nitrogens is 1. The molecule has 0 saturated carbocycles. The van der Waals surface area contributed by atoms with Crippen LogP contribution in [0.25, 0.3) is 10.9 Å². The second-order valence-corrected chi connectivity index (χ2v) is 8.50. The minimum Gasteiger partial charge on any atom is -0.356 e. The van der Waals surface area contributed by atoms with Gasteiger partial charge in [-0.1, -0.05) is 49.7 Å². The first-order valence-corrected chi connectivity index (χ1v) is 10.6. The minimum absolute atomic E-state index is 0.00271. The number of fused-ring (bicyclic) bond motifs is 3. The molecule has 2 aromatic carbocycles. The third-order valence-corrected chi connectivity index (χ3v) is 6.09. The average molecular weight is 413 g/mol. The van der Waals surface area contributed by atoms with Crippen molar-refractivity contribution in [1.82, 2.24) is 9.88 Å². The number of carbonyl (C=O) groups is 1. The molecule has 1 amide bonds. The van der Waals surface area contributed by atoms with E-state index in [2.05, 4.69) is 43.1 Å². The summed E-state index contributed by atoms with van der Waals surface area (Å²) in [5, 5.41) is 1.82. The fraction of sp³-hybridized carbons (Fsp3) is 0.375. The Morgan fingerprint density at radius 3 is 2.69 bits per heavy atom. The number of halogens is 2. The number of nitrogens with zero attached hydrogens (tertiary/aromatic N) is 1. The molecule has 1 aromatic heterocycles. The molecule has 1 N–H and O–H groups in total. The number of nitrogens with one attached hydrogen (secondary N) is 1. The summed E-state index contributed by atoms with van der Waals surface area (Å²) in [7, 11) is 0. The van der Waals surface area contributed by atoms with Crippen molar-refractivity contribution in [3.63, 3.8) is 0 Å². The molecule has 4 rings (SSSR count). The van der Waals surface area contributed by atoms with Gasteiger partial charge in [0.1, 0.15) is 0 Å². The van der Waals surface area contributed by atoms with Crippen molar-refractivity contribution in [3.05, 3.63) is 69.9 Å². The number of hydrogen-bond acceptors (Lipinski definition) is 1. The third kappa shape index (κ3) is 3.78. The minimum atomic E-state index is -0.469. The van der Waals surface area contributed by atoms with Crippen molar-refractivity contribution in [1.29, 1.82) is 0 Å². The van der Waals surface area contributed by atoms with Crippen LogP contribution in [0.2, 0.25) is 5.02 Å². The van der Waals surface area contributed by atoms with E-state index in [9.17, 15) is 9.18 Å². The predicted octanol–water partition coefficient (Wildman–Crippen LogP) is 6.17. The van der Waals surface area contributed by atoms with Crippen LogP contribution in [0.3, 0.4) is 0 Å². The number of aromatic amines is 1. The Morgan fingerprint density at radius 2 is 2.00 bits per heavy atom. The lowest BCUT2D eigenvalue weighted by atomic mass is 9.90. The number of carbonyl (C=O) groups excluding carboxylic acids is 1. The molecule has 0 bridgehead atoms. The van der Waals surface area contributed by atoms with Gasteiger partial charge in [-0.3, -0.25) is 9.18 Å². The van der Waals surface area contributed by atoms with E-state index in [1.165, 1.54) is 11.1 Å². The van der Waals surface area contributed by atoms with Crippen molar-refractivity contribution in [2.75, 3.05) is 13.2 Å². The van der Waals surface area contributed by atoms with E-state index in [0.29, 0.717) is 17.5 Å². The first-order valence-electron chi connectivity index (χ1n) is 10.2. The SMILES string of the molecule is CC(C)c1ccc(C2c3[nH]c4ccc(Cl)cc4c3CCN2C(=O)CCCF)cc1. The summed E-state index contributed by atoms with van der Waals surface area (Å²) in [5.41, 5.74) is 5.63. The van der Waals surface area contributed by atoms with Gasteiger partial charge >= 0.3 is 0 Å². The van der Waals surface area contributed by atoms with Crippen molar-refractivity contribution < 1.29 is 9.18 Å². The fourth-order valence-electron chi connectivity index (χ4n) is 4.30. The van der Waals surface area contributed by atoms with Crippen molar-refractivity contribution >= 4 is 28.4 Å². The molecule has 1 aliphatic heterocycles. The standard InChI is InChI=1S/C24H26ClFN2O/c1-15(2)16-5-7-17(8-6-16)24-23-19(11-13-28(24)22(29)4-3-12-26)20-14-18(25)9-10-21(20)27-23/h5-10,14-15,24,27H,3-4,11-13H2,1-2H3. The average Bonchev–Trinajstić information content (AvgIpc) is 3.09. The second-order valence-electron chi connectivity index (χ2n) is 8.06. The normalized spacial score (nSPS) is 16.4. The quantitative estimate of drug-likeness (QED) is 0.534. The molecule has 1 atom stereocenters. The summed E-state index contributed by atoms with van der Waals surface area (Å²) in [6, 6.07) is 14.2. The number of alkyl halides is 1. The largest absolute Gasteiger partial charge is 0.356 e. The first kappa shape index (κ1) is 20.0. The van der Waals surface area contributed by atoms with Gasteiger partial charge in [-0.25, -0.2) is 0 Å². The Bertz CT molecular complexity index is 1030. The van der Waals surface area contributed by atoms with Crippen LogP contribution in [-0.4, -0.2) is 29.0 Å². The topological polar surface area (TPSA) is 36.1 Å². The lowest BCUT2D eigenvalue weighted by molar-refractivity contribution is -0.133. The molecule has 0 saturated heterocycles. The van der Waals surface area contributed by atoms with E-state index >= 15 is 0 Å². The van der Waals surface area contributed by atoms with Crippen LogP contribution < -0.4 is 0 Å². The van der Waals surface area contributed by atoms with Crippen LogP contribution >= 0.6 is 11.6 Å². The Kier molecular flexibility index (Phi) is 5.64. The summed E-state index contributed by atoms with van der Waals surface area (Å²) in [6.45, 7) is 4.49. The van der Waals surface area contributed by atoms with Crippen LogP contribution in [0.5, 0.6) is 0 Å². The number of benzene rings is 2. The molecule has 29 heavy (non-hydrogen) atoms. The summed E-state index contributed by atoms with van der Waals surface area (Å²) < 4.78 is 12.7.